The van der Waals surface area contributed by atoms with E-state index < -0.39 is 35.4 Å². The van der Waals surface area contributed by atoms with Crippen molar-refractivity contribution in [3.8, 4) is 0 Å². The first kappa shape index (κ1) is 22.9. The van der Waals surface area contributed by atoms with Gasteiger partial charge in [0.2, 0.25) is 0 Å². The van der Waals surface area contributed by atoms with Crippen molar-refractivity contribution in [2.45, 2.75) is 26.3 Å². The lowest BCUT2D eigenvalue weighted by atomic mass is 10.2. The largest absolute Gasteiger partial charge is 0.379 e. The van der Waals surface area contributed by atoms with Gasteiger partial charge < -0.3 is 15.0 Å². The van der Waals surface area contributed by atoms with Crippen LogP contribution in [0.2, 0.25) is 0 Å². The number of benzene rings is 1. The summed E-state index contributed by atoms with van der Waals surface area (Å²) >= 11 is 0. The van der Waals surface area contributed by atoms with Gasteiger partial charge in [-0.3, -0.25) is 0 Å². The molecule has 2 rings (SSSR count). The molecule has 1 aliphatic carbocycles. The highest BCUT2D eigenvalue weighted by molar-refractivity contribution is 14.0. The fraction of sp³-hybridized carbons (Fsp3) is 0.588. The van der Waals surface area contributed by atoms with E-state index in [1.165, 1.54) is 12.8 Å². The van der Waals surface area contributed by atoms with Gasteiger partial charge in [-0.15, -0.1) is 24.0 Å². The molecule has 0 amide bonds. The standard InChI is InChI=1S/C17H23F4N3O.HI/c1-3-22-17(24(2)6-7-25-10-11-4-5-11)23-9-12-15(20)13(18)8-14(19)16(12)21;/h8,11H,3-7,9-10H2,1-2H3,(H,22,23);1H. The van der Waals surface area contributed by atoms with Crippen LogP contribution >= 0.6 is 24.0 Å². The van der Waals surface area contributed by atoms with Gasteiger partial charge in [-0.25, -0.2) is 22.6 Å². The minimum atomic E-state index is -1.43. The van der Waals surface area contributed by atoms with Crippen LogP contribution in [0.15, 0.2) is 11.1 Å². The molecule has 0 aliphatic heterocycles. The lowest BCUT2D eigenvalue weighted by molar-refractivity contribution is 0.115. The van der Waals surface area contributed by atoms with Crippen LogP contribution in [-0.2, 0) is 11.3 Å². The quantitative estimate of drug-likeness (QED) is 0.151. The topological polar surface area (TPSA) is 36.9 Å². The lowest BCUT2D eigenvalue weighted by Gasteiger charge is -2.22. The van der Waals surface area contributed by atoms with Gasteiger partial charge in [0.25, 0.3) is 0 Å². The number of hydrogen-bond acceptors (Lipinski definition) is 2. The number of halogens is 5. The summed E-state index contributed by atoms with van der Waals surface area (Å²) in [7, 11) is 1.75. The third-order valence-corrected chi connectivity index (χ3v) is 3.91. The molecule has 9 heteroatoms. The van der Waals surface area contributed by atoms with E-state index in [9.17, 15) is 17.6 Å². The van der Waals surface area contributed by atoms with Crippen LogP contribution < -0.4 is 5.32 Å². The number of hydrogen-bond donors (Lipinski definition) is 1. The first-order valence-corrected chi connectivity index (χ1v) is 8.33. The molecule has 1 aliphatic rings. The molecule has 4 nitrogen and oxygen atoms in total. The number of nitrogens with zero attached hydrogens (tertiary/aromatic N) is 2. The molecule has 0 heterocycles. The normalized spacial score (nSPS) is 14.2. The molecule has 1 aromatic rings. The molecular formula is C17H24F4IN3O. The van der Waals surface area contributed by atoms with Crippen molar-refractivity contribution in [1.82, 2.24) is 10.2 Å². The summed E-state index contributed by atoms with van der Waals surface area (Å²) in [5.74, 6) is -4.67. The minimum absolute atomic E-state index is 0. The molecule has 1 N–H and O–H groups in total. The maximum absolute atomic E-state index is 13.7. The predicted octanol–water partition coefficient (Wildman–Crippen LogP) is 3.68. The van der Waals surface area contributed by atoms with Crippen molar-refractivity contribution >= 4 is 29.9 Å². The summed E-state index contributed by atoms with van der Waals surface area (Å²) in [4.78, 5) is 5.81. The smallest absolute Gasteiger partial charge is 0.194 e. The second-order valence-corrected chi connectivity index (χ2v) is 6.06. The zero-order valence-electron chi connectivity index (χ0n) is 14.8. The van der Waals surface area contributed by atoms with Gasteiger partial charge in [-0.1, -0.05) is 0 Å². The summed E-state index contributed by atoms with van der Waals surface area (Å²) in [6, 6.07) is 0.187. The van der Waals surface area contributed by atoms with E-state index in [2.05, 4.69) is 10.3 Å². The van der Waals surface area contributed by atoms with Crippen LogP contribution in [0.25, 0.3) is 0 Å². The van der Waals surface area contributed by atoms with E-state index in [0.717, 1.165) is 6.61 Å². The molecule has 0 atom stereocenters. The number of aliphatic imine (C=N–C) groups is 1. The highest BCUT2D eigenvalue weighted by atomic mass is 127. The summed E-state index contributed by atoms with van der Waals surface area (Å²) in [5.41, 5.74) is -0.730. The monoisotopic (exact) mass is 489 g/mol. The van der Waals surface area contributed by atoms with E-state index in [1.807, 2.05) is 6.92 Å². The van der Waals surface area contributed by atoms with Crippen LogP contribution in [0.4, 0.5) is 17.6 Å². The first-order valence-electron chi connectivity index (χ1n) is 8.33. The van der Waals surface area contributed by atoms with E-state index in [-0.39, 0.29) is 30.0 Å². The maximum atomic E-state index is 13.7. The Balaban J connectivity index is 0.00000338. The van der Waals surface area contributed by atoms with Crippen LogP contribution in [0.5, 0.6) is 0 Å². The van der Waals surface area contributed by atoms with E-state index >= 15 is 0 Å². The average Bonchev–Trinajstić information content (AvgIpc) is 3.40. The highest BCUT2D eigenvalue weighted by Gasteiger charge is 2.21. The van der Waals surface area contributed by atoms with E-state index in [4.69, 9.17) is 4.74 Å². The zero-order valence-corrected chi connectivity index (χ0v) is 17.2. The van der Waals surface area contributed by atoms with Crippen LogP contribution in [0.3, 0.4) is 0 Å². The van der Waals surface area contributed by atoms with Gasteiger partial charge >= 0.3 is 0 Å². The van der Waals surface area contributed by atoms with Crippen molar-refractivity contribution in [3.63, 3.8) is 0 Å². The van der Waals surface area contributed by atoms with E-state index in [1.54, 1.807) is 11.9 Å². The maximum Gasteiger partial charge on any atom is 0.194 e. The fourth-order valence-electron chi connectivity index (χ4n) is 2.23. The third-order valence-electron chi connectivity index (χ3n) is 3.91. The predicted molar refractivity (Wildman–Crippen MR) is 103 cm³/mol. The number of nitrogens with one attached hydrogen (secondary N) is 1. The van der Waals surface area contributed by atoms with Crippen molar-refractivity contribution in [2.24, 2.45) is 10.9 Å². The second kappa shape index (κ2) is 10.9. The van der Waals surface area contributed by atoms with Gasteiger partial charge in [0.05, 0.1) is 18.7 Å². The Morgan fingerprint density at radius 3 is 2.38 bits per heavy atom. The number of rotatable bonds is 8. The molecule has 1 saturated carbocycles. The molecule has 0 spiro atoms. The molecule has 1 aromatic carbocycles. The van der Waals surface area contributed by atoms with Crippen LogP contribution in [0.1, 0.15) is 25.3 Å². The van der Waals surface area contributed by atoms with Gasteiger partial charge in [-0.05, 0) is 25.7 Å². The zero-order chi connectivity index (χ0) is 18.4. The first-order chi connectivity index (χ1) is 11.9. The molecule has 0 saturated heterocycles. The van der Waals surface area contributed by atoms with Crippen molar-refractivity contribution in [1.29, 1.82) is 0 Å². The SMILES string of the molecule is CCNC(=NCc1c(F)c(F)cc(F)c1F)N(C)CCOCC1CC1.I. The molecule has 1 fully saturated rings. The molecule has 148 valence electrons. The van der Waals surface area contributed by atoms with Crippen LogP contribution in [0, 0.1) is 29.2 Å². The molecular weight excluding hydrogens is 465 g/mol. The van der Waals surface area contributed by atoms with Gasteiger partial charge in [0.1, 0.15) is 0 Å². The van der Waals surface area contributed by atoms with E-state index in [0.29, 0.717) is 31.6 Å². The number of ether oxygens (including phenoxy) is 1. The number of likely N-dealkylation sites (N-methyl/N-ethyl adjacent to an activating group) is 1. The van der Waals surface area contributed by atoms with Gasteiger partial charge in [-0.2, -0.15) is 0 Å². The molecule has 0 bridgehead atoms. The Morgan fingerprint density at radius 1 is 1.23 bits per heavy atom. The summed E-state index contributed by atoms with van der Waals surface area (Å²) < 4.78 is 59.5. The Bertz CT molecular complexity index is 600. The second-order valence-electron chi connectivity index (χ2n) is 6.06. The lowest BCUT2D eigenvalue weighted by Crippen LogP contribution is -2.40. The molecule has 0 aromatic heterocycles. The van der Waals surface area contributed by atoms with Crippen molar-refractivity contribution < 1.29 is 22.3 Å². The van der Waals surface area contributed by atoms with Crippen molar-refractivity contribution in [3.05, 3.63) is 34.9 Å². The Labute approximate surface area is 168 Å². The Kier molecular flexibility index (Phi) is 9.62. The molecule has 0 unspecified atom stereocenters. The summed E-state index contributed by atoms with van der Waals surface area (Å²) in [6.45, 7) is 3.63. The Morgan fingerprint density at radius 2 is 1.85 bits per heavy atom. The van der Waals surface area contributed by atoms with Crippen LogP contribution in [-0.4, -0.2) is 44.2 Å². The third kappa shape index (κ3) is 6.57. The number of guanidine groups is 1. The Hall–Kier alpha value is -1.10. The highest BCUT2D eigenvalue weighted by Crippen LogP contribution is 2.28. The summed E-state index contributed by atoms with van der Waals surface area (Å²) in [5, 5.41) is 2.97. The summed E-state index contributed by atoms with van der Waals surface area (Å²) in [6.07, 6.45) is 2.42. The minimum Gasteiger partial charge on any atom is -0.379 e. The van der Waals surface area contributed by atoms with Gasteiger partial charge in [0, 0.05) is 32.8 Å². The van der Waals surface area contributed by atoms with Gasteiger partial charge in [0.15, 0.2) is 29.2 Å². The van der Waals surface area contributed by atoms with Crippen molar-refractivity contribution in [2.75, 3.05) is 33.4 Å². The fourth-order valence-corrected chi connectivity index (χ4v) is 2.23. The average molecular weight is 489 g/mol. The molecule has 0 radical (unpaired) electrons. The molecule has 26 heavy (non-hydrogen) atoms.